The lowest BCUT2D eigenvalue weighted by atomic mass is 10.2. The number of rotatable bonds is 7. The zero-order valence-electron chi connectivity index (χ0n) is 12.5. The van der Waals surface area contributed by atoms with Gasteiger partial charge in [-0.1, -0.05) is 0 Å². The molecular weight excluding hydrogens is 232 g/mol. The van der Waals surface area contributed by atoms with Gasteiger partial charge in [0.1, 0.15) is 5.60 Å². The van der Waals surface area contributed by atoms with Crippen LogP contribution in [0.4, 0.5) is 4.79 Å². The molecule has 5 nitrogen and oxygen atoms in total. The SMILES string of the molecule is COCC(C)NCCC(C)NC(=O)OC(C)(C)C. The number of carbonyl (C=O) groups is 1. The Morgan fingerprint density at radius 1 is 1.22 bits per heavy atom. The molecule has 5 heteroatoms. The van der Waals surface area contributed by atoms with Crippen LogP contribution in [0.3, 0.4) is 0 Å². The van der Waals surface area contributed by atoms with Crippen molar-refractivity contribution in [2.45, 2.75) is 58.7 Å². The van der Waals surface area contributed by atoms with Crippen LogP contribution in [0.2, 0.25) is 0 Å². The van der Waals surface area contributed by atoms with Gasteiger partial charge in [0.15, 0.2) is 0 Å². The molecule has 0 saturated carbocycles. The molecule has 2 N–H and O–H groups in total. The van der Waals surface area contributed by atoms with E-state index in [9.17, 15) is 4.79 Å². The summed E-state index contributed by atoms with van der Waals surface area (Å²) in [4.78, 5) is 11.5. The van der Waals surface area contributed by atoms with Crippen molar-refractivity contribution in [3.05, 3.63) is 0 Å². The van der Waals surface area contributed by atoms with Gasteiger partial charge in [0.2, 0.25) is 0 Å². The first-order chi connectivity index (χ1) is 8.24. The smallest absolute Gasteiger partial charge is 0.407 e. The lowest BCUT2D eigenvalue weighted by Gasteiger charge is -2.22. The first kappa shape index (κ1) is 17.2. The van der Waals surface area contributed by atoms with E-state index in [0.29, 0.717) is 12.6 Å². The van der Waals surface area contributed by atoms with Crippen molar-refractivity contribution in [1.29, 1.82) is 0 Å². The minimum absolute atomic E-state index is 0.0853. The fourth-order valence-electron chi connectivity index (χ4n) is 1.44. The van der Waals surface area contributed by atoms with E-state index in [2.05, 4.69) is 17.6 Å². The average Bonchev–Trinajstić information content (AvgIpc) is 2.14. The third-order valence-electron chi connectivity index (χ3n) is 2.25. The molecule has 0 aromatic heterocycles. The van der Waals surface area contributed by atoms with Gasteiger partial charge >= 0.3 is 6.09 Å². The first-order valence-corrected chi connectivity index (χ1v) is 6.46. The molecule has 2 atom stereocenters. The van der Waals surface area contributed by atoms with Crippen LogP contribution < -0.4 is 10.6 Å². The Balaban J connectivity index is 3.71. The standard InChI is InChI=1S/C13H28N2O3/c1-10(7-8-14-11(2)9-17-6)15-12(16)18-13(3,4)5/h10-11,14H,7-9H2,1-6H3,(H,15,16). The molecular formula is C13H28N2O3. The third kappa shape index (κ3) is 10.4. The molecule has 108 valence electrons. The third-order valence-corrected chi connectivity index (χ3v) is 2.25. The van der Waals surface area contributed by atoms with Gasteiger partial charge in [0.25, 0.3) is 0 Å². The van der Waals surface area contributed by atoms with Crippen LogP contribution in [0.1, 0.15) is 41.0 Å². The molecule has 2 unspecified atom stereocenters. The molecule has 0 saturated heterocycles. The van der Waals surface area contributed by atoms with Crippen molar-refractivity contribution in [3.63, 3.8) is 0 Å². The number of hydrogen-bond acceptors (Lipinski definition) is 4. The Bertz CT molecular complexity index is 239. The van der Waals surface area contributed by atoms with Crippen molar-refractivity contribution < 1.29 is 14.3 Å². The Morgan fingerprint density at radius 2 is 1.83 bits per heavy atom. The second-order valence-corrected chi connectivity index (χ2v) is 5.65. The van der Waals surface area contributed by atoms with Gasteiger partial charge in [-0.25, -0.2) is 4.79 Å². The van der Waals surface area contributed by atoms with Crippen molar-refractivity contribution in [2.24, 2.45) is 0 Å². The van der Waals surface area contributed by atoms with Gasteiger partial charge in [-0.15, -0.1) is 0 Å². The molecule has 0 aromatic rings. The zero-order chi connectivity index (χ0) is 14.2. The largest absolute Gasteiger partial charge is 0.444 e. The highest BCUT2D eigenvalue weighted by Crippen LogP contribution is 2.06. The van der Waals surface area contributed by atoms with E-state index in [1.807, 2.05) is 27.7 Å². The number of nitrogens with one attached hydrogen (secondary N) is 2. The second-order valence-electron chi connectivity index (χ2n) is 5.65. The molecule has 0 rings (SSSR count). The van der Waals surface area contributed by atoms with Crippen molar-refractivity contribution >= 4 is 6.09 Å². The van der Waals surface area contributed by atoms with Crippen LogP contribution in [0.15, 0.2) is 0 Å². The number of amides is 1. The number of alkyl carbamates (subject to hydrolysis) is 1. The van der Waals surface area contributed by atoms with Gasteiger partial charge in [0, 0.05) is 19.2 Å². The maximum Gasteiger partial charge on any atom is 0.407 e. The normalized spacial score (nSPS) is 15.0. The summed E-state index contributed by atoms with van der Waals surface area (Å²) >= 11 is 0. The Hall–Kier alpha value is -0.810. The molecule has 0 aliphatic rings. The topological polar surface area (TPSA) is 59.6 Å². The van der Waals surface area contributed by atoms with Crippen LogP contribution in [0, 0.1) is 0 Å². The summed E-state index contributed by atoms with van der Waals surface area (Å²) in [6.45, 7) is 11.1. The highest BCUT2D eigenvalue weighted by Gasteiger charge is 2.17. The van der Waals surface area contributed by atoms with Gasteiger partial charge < -0.3 is 20.1 Å². The number of ether oxygens (including phenoxy) is 2. The average molecular weight is 260 g/mol. The molecule has 0 radical (unpaired) electrons. The minimum Gasteiger partial charge on any atom is -0.444 e. The van der Waals surface area contributed by atoms with Crippen LogP contribution in [0.5, 0.6) is 0 Å². The van der Waals surface area contributed by atoms with Gasteiger partial charge in [0.05, 0.1) is 6.61 Å². The van der Waals surface area contributed by atoms with E-state index >= 15 is 0 Å². The highest BCUT2D eigenvalue weighted by molar-refractivity contribution is 5.67. The van der Waals surface area contributed by atoms with Crippen molar-refractivity contribution in [3.8, 4) is 0 Å². The summed E-state index contributed by atoms with van der Waals surface area (Å²) < 4.78 is 10.2. The monoisotopic (exact) mass is 260 g/mol. The fraction of sp³-hybridized carbons (Fsp3) is 0.923. The maximum atomic E-state index is 11.5. The van der Waals surface area contributed by atoms with E-state index in [0.717, 1.165) is 13.0 Å². The van der Waals surface area contributed by atoms with Crippen molar-refractivity contribution in [1.82, 2.24) is 10.6 Å². The lowest BCUT2D eigenvalue weighted by molar-refractivity contribution is 0.0506. The molecule has 0 heterocycles. The second kappa shape index (κ2) is 8.32. The molecule has 0 spiro atoms. The Morgan fingerprint density at radius 3 is 2.33 bits per heavy atom. The van der Waals surface area contributed by atoms with Crippen LogP contribution in [-0.2, 0) is 9.47 Å². The van der Waals surface area contributed by atoms with E-state index in [4.69, 9.17) is 9.47 Å². The first-order valence-electron chi connectivity index (χ1n) is 6.46. The van der Waals surface area contributed by atoms with E-state index in [1.54, 1.807) is 7.11 Å². The predicted molar refractivity (Wildman–Crippen MR) is 72.8 cm³/mol. The lowest BCUT2D eigenvalue weighted by Crippen LogP contribution is -2.40. The van der Waals surface area contributed by atoms with Crippen LogP contribution in [0.25, 0.3) is 0 Å². The van der Waals surface area contributed by atoms with Gasteiger partial charge in [-0.3, -0.25) is 0 Å². The molecule has 0 aromatic carbocycles. The Labute approximate surface area is 111 Å². The minimum atomic E-state index is -0.449. The predicted octanol–water partition coefficient (Wildman–Crippen LogP) is 1.91. The fourth-order valence-corrected chi connectivity index (χ4v) is 1.44. The van der Waals surface area contributed by atoms with Crippen LogP contribution >= 0.6 is 0 Å². The quantitative estimate of drug-likeness (QED) is 0.734. The molecule has 0 aliphatic heterocycles. The van der Waals surface area contributed by atoms with E-state index in [-0.39, 0.29) is 12.1 Å². The number of hydrogen-bond donors (Lipinski definition) is 2. The summed E-state index contributed by atoms with van der Waals surface area (Å²) in [5, 5.41) is 6.13. The molecule has 0 aliphatic carbocycles. The summed E-state index contributed by atoms with van der Waals surface area (Å²) in [6, 6.07) is 0.408. The Kier molecular flexibility index (Phi) is 7.95. The summed E-state index contributed by atoms with van der Waals surface area (Å²) in [5.74, 6) is 0. The number of methoxy groups -OCH3 is 1. The van der Waals surface area contributed by atoms with E-state index < -0.39 is 5.60 Å². The molecule has 0 fully saturated rings. The van der Waals surface area contributed by atoms with Gasteiger partial charge in [-0.05, 0) is 47.6 Å². The van der Waals surface area contributed by atoms with E-state index in [1.165, 1.54) is 0 Å². The summed E-state index contributed by atoms with van der Waals surface area (Å²) in [5.41, 5.74) is -0.449. The molecule has 1 amide bonds. The maximum absolute atomic E-state index is 11.5. The summed E-state index contributed by atoms with van der Waals surface area (Å²) in [7, 11) is 1.69. The van der Waals surface area contributed by atoms with Gasteiger partial charge in [-0.2, -0.15) is 0 Å². The van der Waals surface area contributed by atoms with Crippen LogP contribution in [-0.4, -0.2) is 44.0 Å². The number of carbonyl (C=O) groups excluding carboxylic acids is 1. The highest BCUT2D eigenvalue weighted by atomic mass is 16.6. The zero-order valence-corrected chi connectivity index (χ0v) is 12.5. The molecule has 18 heavy (non-hydrogen) atoms. The van der Waals surface area contributed by atoms with Crippen molar-refractivity contribution in [2.75, 3.05) is 20.3 Å². The molecule has 0 bridgehead atoms. The summed E-state index contributed by atoms with van der Waals surface area (Å²) in [6.07, 6.45) is 0.493.